The van der Waals surface area contributed by atoms with Crippen LogP contribution in [0.1, 0.15) is 45.1 Å². The van der Waals surface area contributed by atoms with Crippen LogP contribution in [0.25, 0.3) is 0 Å². The number of amides is 1. The largest absolute Gasteiger partial charge is 0.467 e. The van der Waals surface area contributed by atoms with Gasteiger partial charge in [0.15, 0.2) is 18.0 Å². The van der Waals surface area contributed by atoms with E-state index < -0.39 is 29.9 Å². The third-order valence-electron chi connectivity index (χ3n) is 4.53. The number of anilines is 1. The van der Waals surface area contributed by atoms with E-state index in [1.54, 1.807) is 24.3 Å². The minimum atomic E-state index is -1.29. The van der Waals surface area contributed by atoms with Crippen molar-refractivity contribution in [2.24, 2.45) is 0 Å². The van der Waals surface area contributed by atoms with Crippen molar-refractivity contribution in [1.82, 2.24) is 0 Å². The highest BCUT2D eigenvalue weighted by Gasteiger charge is 2.55. The summed E-state index contributed by atoms with van der Waals surface area (Å²) in [6.45, 7) is 3.49. The van der Waals surface area contributed by atoms with Gasteiger partial charge in [0.05, 0.1) is 14.2 Å². The lowest BCUT2D eigenvalue weighted by Gasteiger charge is -2.28. The number of rotatable bonds is 8. The summed E-state index contributed by atoms with van der Waals surface area (Å²) in [6, 6.07) is 6.91. The lowest BCUT2D eigenvalue weighted by atomic mass is 9.98. The fraction of sp³-hybridized carbons (Fsp3) is 0.550. The zero-order chi connectivity index (χ0) is 20.7. The molecule has 1 amide bonds. The molecular formula is C20H27NO7. The molecule has 1 aliphatic rings. The molecular weight excluding hydrogens is 366 g/mol. The minimum absolute atomic E-state index is 0.185. The van der Waals surface area contributed by atoms with E-state index >= 15 is 0 Å². The van der Waals surface area contributed by atoms with Gasteiger partial charge in [-0.2, -0.15) is 0 Å². The molecule has 154 valence electrons. The first-order valence-electron chi connectivity index (χ1n) is 9.26. The number of hydrogen-bond donors (Lipinski definition) is 1. The molecule has 0 aliphatic carbocycles. The van der Waals surface area contributed by atoms with Crippen LogP contribution in [-0.2, 0) is 39.1 Å². The molecule has 2 rings (SSSR count). The minimum Gasteiger partial charge on any atom is -0.467 e. The predicted octanol–water partition coefficient (Wildman–Crippen LogP) is 2.51. The van der Waals surface area contributed by atoms with E-state index in [-0.39, 0.29) is 5.91 Å². The van der Waals surface area contributed by atoms with Crippen molar-refractivity contribution in [2.45, 2.75) is 57.5 Å². The lowest BCUT2D eigenvalue weighted by Crippen LogP contribution is -2.38. The monoisotopic (exact) mass is 393 g/mol. The third-order valence-corrected chi connectivity index (χ3v) is 4.53. The van der Waals surface area contributed by atoms with Crippen molar-refractivity contribution in [2.75, 3.05) is 19.5 Å². The van der Waals surface area contributed by atoms with E-state index in [1.807, 2.05) is 0 Å². The molecule has 1 N–H and O–H groups in total. The Morgan fingerprint density at radius 1 is 1.00 bits per heavy atom. The molecule has 28 heavy (non-hydrogen) atoms. The number of carbonyl (C=O) groups is 3. The van der Waals surface area contributed by atoms with Gasteiger partial charge >= 0.3 is 11.9 Å². The fourth-order valence-corrected chi connectivity index (χ4v) is 3.15. The Balaban J connectivity index is 2.38. The topological polar surface area (TPSA) is 100 Å². The smallest absolute Gasteiger partial charge is 0.338 e. The summed E-state index contributed by atoms with van der Waals surface area (Å²) >= 11 is 0. The zero-order valence-corrected chi connectivity index (χ0v) is 16.7. The SMILES string of the molecule is CCCCCC1(c2ccc(NC(C)=O)cc2)O[C@@H](C(=O)OC)[C@H](C(=O)OC)O1. The molecule has 2 atom stereocenters. The van der Waals surface area contributed by atoms with Gasteiger partial charge in [-0.05, 0) is 18.6 Å². The van der Waals surface area contributed by atoms with Crippen molar-refractivity contribution in [3.8, 4) is 0 Å². The lowest BCUT2D eigenvalue weighted by molar-refractivity contribution is -0.199. The predicted molar refractivity (Wildman–Crippen MR) is 100 cm³/mol. The number of nitrogens with one attached hydrogen (secondary N) is 1. The van der Waals surface area contributed by atoms with Gasteiger partial charge in [-0.25, -0.2) is 9.59 Å². The number of methoxy groups -OCH3 is 2. The molecule has 1 fully saturated rings. The second kappa shape index (κ2) is 9.66. The van der Waals surface area contributed by atoms with Gasteiger partial charge in [0.25, 0.3) is 0 Å². The van der Waals surface area contributed by atoms with Crippen LogP contribution >= 0.6 is 0 Å². The molecule has 8 heteroatoms. The van der Waals surface area contributed by atoms with E-state index in [9.17, 15) is 14.4 Å². The Labute approximate surface area is 164 Å². The molecule has 0 unspecified atom stereocenters. The number of ether oxygens (including phenoxy) is 4. The molecule has 1 heterocycles. The van der Waals surface area contributed by atoms with Gasteiger partial charge in [0.2, 0.25) is 5.91 Å². The quantitative estimate of drug-likeness (QED) is 0.535. The maximum Gasteiger partial charge on any atom is 0.338 e. The molecule has 0 radical (unpaired) electrons. The second-order valence-electron chi connectivity index (χ2n) is 6.59. The van der Waals surface area contributed by atoms with Gasteiger partial charge < -0.3 is 24.3 Å². The normalized spacial score (nSPS) is 20.4. The van der Waals surface area contributed by atoms with Crippen molar-refractivity contribution >= 4 is 23.5 Å². The highest BCUT2D eigenvalue weighted by Crippen LogP contribution is 2.42. The van der Waals surface area contributed by atoms with Gasteiger partial charge in [-0.3, -0.25) is 4.79 Å². The number of carbonyl (C=O) groups excluding carboxylic acids is 3. The Morgan fingerprint density at radius 2 is 1.54 bits per heavy atom. The Bertz CT molecular complexity index is 677. The van der Waals surface area contributed by atoms with Crippen LogP contribution in [0.3, 0.4) is 0 Å². The van der Waals surface area contributed by atoms with Gasteiger partial charge in [-0.1, -0.05) is 31.9 Å². The van der Waals surface area contributed by atoms with Crippen LogP contribution in [0.15, 0.2) is 24.3 Å². The van der Waals surface area contributed by atoms with Gasteiger partial charge in [-0.15, -0.1) is 0 Å². The summed E-state index contributed by atoms with van der Waals surface area (Å²) in [6.07, 6.45) is 0.679. The maximum atomic E-state index is 12.2. The van der Waals surface area contributed by atoms with E-state index in [1.165, 1.54) is 21.1 Å². The van der Waals surface area contributed by atoms with Crippen LogP contribution in [0.4, 0.5) is 5.69 Å². The number of esters is 2. The number of unbranched alkanes of at least 4 members (excludes halogenated alkanes) is 2. The maximum absolute atomic E-state index is 12.2. The molecule has 0 spiro atoms. The number of hydrogen-bond acceptors (Lipinski definition) is 7. The highest BCUT2D eigenvalue weighted by atomic mass is 16.8. The highest BCUT2D eigenvalue weighted by molar-refractivity contribution is 5.88. The molecule has 8 nitrogen and oxygen atoms in total. The molecule has 1 aliphatic heterocycles. The molecule has 1 saturated heterocycles. The first-order chi connectivity index (χ1) is 13.4. The van der Waals surface area contributed by atoms with Crippen LogP contribution < -0.4 is 5.32 Å². The van der Waals surface area contributed by atoms with Gasteiger partial charge in [0.1, 0.15) is 0 Å². The summed E-state index contributed by atoms with van der Waals surface area (Å²) < 4.78 is 21.6. The molecule has 1 aromatic carbocycles. The first-order valence-corrected chi connectivity index (χ1v) is 9.26. The summed E-state index contributed by atoms with van der Waals surface area (Å²) in [4.78, 5) is 35.6. The van der Waals surface area contributed by atoms with Crippen molar-refractivity contribution in [3.63, 3.8) is 0 Å². The average molecular weight is 393 g/mol. The Hall–Kier alpha value is -2.45. The van der Waals surface area contributed by atoms with Gasteiger partial charge in [0, 0.05) is 24.6 Å². The standard InChI is InChI=1S/C20H27NO7/c1-5-6-7-12-20(14-8-10-15(11-9-14)21-13(2)22)27-16(18(23)25-3)17(28-20)19(24)26-4/h8-11,16-17H,5-7,12H2,1-4H3,(H,21,22)/t16-,17-/m1/s1. The first kappa shape index (κ1) is 21.8. The van der Waals surface area contributed by atoms with E-state index in [2.05, 4.69) is 12.2 Å². The van der Waals surface area contributed by atoms with Crippen molar-refractivity contribution in [3.05, 3.63) is 29.8 Å². The number of benzene rings is 1. The summed E-state index contributed by atoms with van der Waals surface area (Å²) in [5.41, 5.74) is 1.25. The summed E-state index contributed by atoms with van der Waals surface area (Å²) in [5.74, 6) is -2.89. The van der Waals surface area contributed by atoms with Crippen molar-refractivity contribution in [1.29, 1.82) is 0 Å². The zero-order valence-electron chi connectivity index (χ0n) is 16.7. The van der Waals surface area contributed by atoms with Crippen LogP contribution in [-0.4, -0.2) is 44.3 Å². The molecule has 0 bridgehead atoms. The molecule has 1 aromatic rings. The van der Waals surface area contributed by atoms with E-state index in [0.717, 1.165) is 19.3 Å². The van der Waals surface area contributed by atoms with Crippen molar-refractivity contribution < 1.29 is 33.3 Å². The molecule has 0 aromatic heterocycles. The fourth-order valence-electron chi connectivity index (χ4n) is 3.15. The average Bonchev–Trinajstić information content (AvgIpc) is 3.08. The second-order valence-corrected chi connectivity index (χ2v) is 6.59. The van der Waals surface area contributed by atoms with E-state index in [0.29, 0.717) is 17.7 Å². The van der Waals surface area contributed by atoms with E-state index in [4.69, 9.17) is 18.9 Å². The molecule has 0 saturated carbocycles. The Kier molecular flexibility index (Phi) is 7.53. The third kappa shape index (κ3) is 4.88. The summed E-state index contributed by atoms with van der Waals surface area (Å²) in [5, 5.41) is 2.69. The Morgan fingerprint density at radius 3 is 1.96 bits per heavy atom. The van der Waals surface area contributed by atoms with Crippen LogP contribution in [0.5, 0.6) is 0 Å². The van der Waals surface area contributed by atoms with Crippen LogP contribution in [0, 0.1) is 0 Å². The van der Waals surface area contributed by atoms with Crippen LogP contribution in [0.2, 0.25) is 0 Å². The summed E-state index contributed by atoms with van der Waals surface area (Å²) in [7, 11) is 2.44.